The number of nitrogens with two attached hydrogens (primary N) is 1. The Morgan fingerprint density at radius 2 is 1.93 bits per heavy atom. The summed E-state index contributed by atoms with van der Waals surface area (Å²) in [5, 5.41) is 23.4. The lowest BCUT2D eigenvalue weighted by atomic mass is 9.93. The summed E-state index contributed by atoms with van der Waals surface area (Å²) >= 11 is 0. The molecule has 1 aliphatic rings. The highest BCUT2D eigenvalue weighted by Crippen LogP contribution is 2.39. The SMILES string of the molecule is CC1(O)CCN(CC(=O)c2ccc(-c3cc(C(F)(F)F)c4oc(CNC(O)/C=C/c5ccc(N)nc5)cc4c3)nc2)CC1. The third-order valence-electron chi connectivity index (χ3n) is 7.42. The predicted octanol–water partition coefficient (Wildman–Crippen LogP) is 4.64. The van der Waals surface area contributed by atoms with Gasteiger partial charge in [-0.15, -0.1) is 0 Å². The molecule has 5 N–H and O–H groups in total. The van der Waals surface area contributed by atoms with Gasteiger partial charge in [0.15, 0.2) is 5.78 Å². The van der Waals surface area contributed by atoms with Crippen molar-refractivity contribution in [2.45, 2.75) is 44.3 Å². The molecule has 3 aromatic heterocycles. The van der Waals surface area contributed by atoms with Crippen molar-refractivity contribution >= 4 is 28.6 Å². The summed E-state index contributed by atoms with van der Waals surface area (Å²) in [6, 6.07) is 10.4. The Morgan fingerprint density at radius 3 is 2.58 bits per heavy atom. The van der Waals surface area contributed by atoms with E-state index in [1.165, 1.54) is 30.6 Å². The molecule has 0 amide bonds. The van der Waals surface area contributed by atoms with Gasteiger partial charge in [-0.25, -0.2) is 4.98 Å². The Bertz CT molecular complexity index is 1610. The van der Waals surface area contributed by atoms with E-state index < -0.39 is 23.6 Å². The summed E-state index contributed by atoms with van der Waals surface area (Å²) in [5.74, 6) is 0.416. The minimum Gasteiger partial charge on any atom is -0.459 e. The number of rotatable bonds is 9. The number of aliphatic hydroxyl groups excluding tert-OH is 1. The monoisotopic (exact) mass is 595 g/mol. The average Bonchev–Trinajstić information content (AvgIpc) is 3.39. The molecule has 0 spiro atoms. The molecule has 1 fully saturated rings. The number of piperidine rings is 1. The highest BCUT2D eigenvalue weighted by atomic mass is 19.4. The second kappa shape index (κ2) is 12.3. The van der Waals surface area contributed by atoms with Crippen molar-refractivity contribution in [2.24, 2.45) is 0 Å². The average molecular weight is 596 g/mol. The molecule has 1 aromatic carbocycles. The highest BCUT2D eigenvalue weighted by Gasteiger charge is 2.35. The molecule has 4 heterocycles. The first-order valence-electron chi connectivity index (χ1n) is 13.8. The Hall–Kier alpha value is -4.10. The van der Waals surface area contributed by atoms with Crippen LogP contribution in [-0.2, 0) is 12.7 Å². The zero-order chi connectivity index (χ0) is 30.8. The van der Waals surface area contributed by atoms with Crippen LogP contribution in [0.1, 0.15) is 47.0 Å². The number of aliphatic hydroxyl groups is 2. The first kappa shape index (κ1) is 30.4. The molecule has 4 aromatic rings. The molecule has 12 heteroatoms. The van der Waals surface area contributed by atoms with Crippen LogP contribution >= 0.6 is 0 Å². The van der Waals surface area contributed by atoms with Gasteiger partial charge in [-0.3, -0.25) is 20.0 Å². The Balaban J connectivity index is 1.30. The van der Waals surface area contributed by atoms with E-state index in [1.807, 2.05) is 4.90 Å². The van der Waals surface area contributed by atoms with Gasteiger partial charge in [0, 0.05) is 42.0 Å². The number of hydrogen-bond acceptors (Lipinski definition) is 9. The summed E-state index contributed by atoms with van der Waals surface area (Å²) < 4.78 is 47.7. The number of anilines is 1. The first-order valence-corrected chi connectivity index (χ1v) is 13.8. The van der Waals surface area contributed by atoms with E-state index in [2.05, 4.69) is 15.3 Å². The van der Waals surface area contributed by atoms with E-state index in [0.29, 0.717) is 42.9 Å². The number of nitrogens with zero attached hydrogens (tertiary/aromatic N) is 3. The molecule has 1 saturated heterocycles. The lowest BCUT2D eigenvalue weighted by Crippen LogP contribution is -2.44. The molecular formula is C31H32F3N5O4. The zero-order valence-corrected chi connectivity index (χ0v) is 23.4. The van der Waals surface area contributed by atoms with Gasteiger partial charge in [0.05, 0.1) is 29.9 Å². The lowest BCUT2D eigenvalue weighted by Gasteiger charge is -2.35. The minimum atomic E-state index is -4.69. The predicted molar refractivity (Wildman–Crippen MR) is 156 cm³/mol. The van der Waals surface area contributed by atoms with Gasteiger partial charge in [0.1, 0.15) is 23.4 Å². The molecule has 1 atom stereocenters. The van der Waals surface area contributed by atoms with E-state index in [4.69, 9.17) is 10.2 Å². The van der Waals surface area contributed by atoms with Crippen LogP contribution < -0.4 is 11.1 Å². The number of nitrogen functional groups attached to an aromatic ring is 1. The second-order valence-electron chi connectivity index (χ2n) is 11.0. The van der Waals surface area contributed by atoms with Crippen LogP contribution in [0.4, 0.5) is 19.0 Å². The van der Waals surface area contributed by atoms with Crippen molar-refractivity contribution in [1.29, 1.82) is 0 Å². The molecule has 1 aliphatic heterocycles. The van der Waals surface area contributed by atoms with Gasteiger partial charge >= 0.3 is 6.18 Å². The number of halogens is 3. The Labute approximate surface area is 245 Å². The van der Waals surface area contributed by atoms with Gasteiger partial charge in [0.2, 0.25) is 0 Å². The first-order chi connectivity index (χ1) is 20.4. The largest absolute Gasteiger partial charge is 0.459 e. The normalized spacial score (nSPS) is 16.6. The summed E-state index contributed by atoms with van der Waals surface area (Å²) in [6.07, 6.45) is 1.36. The molecule has 0 radical (unpaired) electrons. The quantitative estimate of drug-likeness (QED) is 0.161. The number of hydrogen-bond donors (Lipinski definition) is 4. The van der Waals surface area contributed by atoms with Crippen molar-refractivity contribution in [3.05, 3.63) is 83.4 Å². The molecule has 5 rings (SSSR count). The number of pyridine rings is 2. The summed E-state index contributed by atoms with van der Waals surface area (Å²) in [4.78, 5) is 23.0. The smallest absolute Gasteiger partial charge is 0.420 e. The number of carbonyl (C=O) groups excluding carboxylic acids is 1. The Kier molecular flexibility index (Phi) is 8.65. The van der Waals surface area contributed by atoms with Crippen LogP contribution in [0.2, 0.25) is 0 Å². The van der Waals surface area contributed by atoms with Crippen LogP contribution in [0.25, 0.3) is 28.3 Å². The van der Waals surface area contributed by atoms with Crippen molar-refractivity contribution < 1.29 is 32.6 Å². The maximum absolute atomic E-state index is 14.0. The molecule has 226 valence electrons. The highest BCUT2D eigenvalue weighted by molar-refractivity contribution is 5.97. The lowest BCUT2D eigenvalue weighted by molar-refractivity contribution is -0.136. The molecule has 0 saturated carbocycles. The summed E-state index contributed by atoms with van der Waals surface area (Å²) in [5.41, 5.74) is 5.13. The molecular weight excluding hydrogens is 563 g/mol. The van der Waals surface area contributed by atoms with Gasteiger partial charge in [0.25, 0.3) is 0 Å². The van der Waals surface area contributed by atoms with Gasteiger partial charge < -0.3 is 20.4 Å². The molecule has 0 aliphatic carbocycles. The number of Topliss-reactive ketones (excluding diaryl/α,β-unsaturated/α-hetero) is 1. The van der Waals surface area contributed by atoms with Crippen molar-refractivity contribution in [3.8, 4) is 11.3 Å². The summed E-state index contributed by atoms with van der Waals surface area (Å²) in [6.45, 7) is 3.13. The number of ketones is 1. The van der Waals surface area contributed by atoms with E-state index >= 15 is 0 Å². The van der Waals surface area contributed by atoms with E-state index in [0.717, 1.165) is 6.07 Å². The zero-order valence-electron chi connectivity index (χ0n) is 23.4. The number of likely N-dealkylation sites (tertiary alicyclic amines) is 1. The van der Waals surface area contributed by atoms with Gasteiger partial charge in [-0.05, 0) is 73.9 Å². The Morgan fingerprint density at radius 1 is 1.16 bits per heavy atom. The van der Waals surface area contributed by atoms with Crippen LogP contribution in [0.5, 0.6) is 0 Å². The third kappa shape index (κ3) is 7.65. The third-order valence-corrected chi connectivity index (χ3v) is 7.42. The van der Waals surface area contributed by atoms with Crippen molar-refractivity contribution in [3.63, 3.8) is 0 Å². The van der Waals surface area contributed by atoms with E-state index in [-0.39, 0.29) is 46.9 Å². The van der Waals surface area contributed by atoms with Crippen LogP contribution in [0.15, 0.2) is 65.4 Å². The van der Waals surface area contributed by atoms with Crippen molar-refractivity contribution in [1.82, 2.24) is 20.2 Å². The van der Waals surface area contributed by atoms with Crippen LogP contribution in [0.3, 0.4) is 0 Å². The number of carbonyl (C=O) groups is 1. The fourth-order valence-corrected chi connectivity index (χ4v) is 4.86. The fraction of sp³-hybridized carbons (Fsp3) is 0.323. The number of benzene rings is 1. The van der Waals surface area contributed by atoms with Gasteiger partial charge in [-0.2, -0.15) is 13.2 Å². The maximum Gasteiger partial charge on any atom is 0.420 e. The summed E-state index contributed by atoms with van der Waals surface area (Å²) in [7, 11) is 0. The molecule has 0 bridgehead atoms. The van der Waals surface area contributed by atoms with E-state index in [9.17, 15) is 28.2 Å². The number of aromatic nitrogens is 2. The topological polar surface area (TPSA) is 138 Å². The molecule has 1 unspecified atom stereocenters. The minimum absolute atomic E-state index is 0.0313. The molecule has 43 heavy (non-hydrogen) atoms. The fourth-order valence-electron chi connectivity index (χ4n) is 4.86. The molecule has 9 nitrogen and oxygen atoms in total. The van der Waals surface area contributed by atoms with Crippen LogP contribution in [-0.4, -0.2) is 62.3 Å². The van der Waals surface area contributed by atoms with Crippen LogP contribution in [0, 0.1) is 0 Å². The maximum atomic E-state index is 14.0. The van der Waals surface area contributed by atoms with Gasteiger partial charge in [-0.1, -0.05) is 6.08 Å². The number of furan rings is 1. The number of nitrogens with one attached hydrogen (secondary N) is 1. The standard InChI is InChI=1S/C31H32F3N5O4/c1-30(42)8-10-39(11-9-30)18-26(40)20-4-5-25(36-16-20)21-12-22-13-23(43-29(22)24(14-21)31(32,33)34)17-38-28(41)7-3-19-2-6-27(35)37-15-19/h2-7,12-16,28,38,41-42H,8-11,17-18H2,1H3,(H2,35,37)/b7-3+. The van der Waals surface area contributed by atoms with Crippen molar-refractivity contribution in [2.75, 3.05) is 25.4 Å². The second-order valence-corrected chi connectivity index (χ2v) is 11.0. The number of alkyl halides is 3. The van der Waals surface area contributed by atoms with E-state index in [1.54, 1.807) is 37.3 Å². The number of fused-ring (bicyclic) bond motifs is 1.